The van der Waals surface area contributed by atoms with Crippen LogP contribution in [-0.4, -0.2) is 32.2 Å². The molecule has 6 heteroatoms. The van der Waals surface area contributed by atoms with Gasteiger partial charge in [0.15, 0.2) is 11.0 Å². The quantitative estimate of drug-likeness (QED) is 0.462. The second kappa shape index (κ2) is 8.17. The molecule has 3 aromatic rings. The smallest absolute Gasteiger partial charge is 0.196 e. The first-order chi connectivity index (χ1) is 12.1. The van der Waals surface area contributed by atoms with Gasteiger partial charge in [-0.25, -0.2) is 0 Å². The Labute approximate surface area is 160 Å². The van der Waals surface area contributed by atoms with Crippen molar-refractivity contribution < 1.29 is 5.11 Å². The van der Waals surface area contributed by atoms with Crippen LogP contribution in [0.3, 0.4) is 0 Å². The Kier molecular flexibility index (Phi) is 5.93. The highest BCUT2D eigenvalue weighted by molar-refractivity contribution is 9.10. The number of hydrogen-bond acceptors (Lipinski definition) is 4. The Morgan fingerprint density at radius 1 is 1.04 bits per heavy atom. The minimum atomic E-state index is 0.185. The first kappa shape index (κ1) is 18.2. The van der Waals surface area contributed by atoms with Gasteiger partial charge in [0.25, 0.3) is 0 Å². The molecule has 0 unspecified atom stereocenters. The van der Waals surface area contributed by atoms with E-state index in [1.165, 1.54) is 11.1 Å². The molecule has 130 valence electrons. The maximum atomic E-state index is 9.05. The van der Waals surface area contributed by atoms with Crippen LogP contribution in [-0.2, 0) is 0 Å². The van der Waals surface area contributed by atoms with Gasteiger partial charge in [0, 0.05) is 22.4 Å². The first-order valence-corrected chi connectivity index (χ1v) is 9.90. The van der Waals surface area contributed by atoms with Crippen molar-refractivity contribution in [2.45, 2.75) is 25.4 Å². The van der Waals surface area contributed by atoms with Gasteiger partial charge < -0.3 is 5.11 Å². The van der Waals surface area contributed by atoms with Crippen LogP contribution < -0.4 is 0 Å². The average molecular weight is 418 g/mol. The van der Waals surface area contributed by atoms with Crippen LogP contribution in [0.1, 0.15) is 17.5 Å². The number of halogens is 1. The zero-order valence-electron chi connectivity index (χ0n) is 14.2. The number of aliphatic hydroxyl groups is 1. The molecule has 4 nitrogen and oxygen atoms in total. The van der Waals surface area contributed by atoms with Gasteiger partial charge in [-0.1, -0.05) is 45.9 Å². The Bertz CT molecular complexity index is 841. The molecule has 0 bridgehead atoms. The van der Waals surface area contributed by atoms with Crippen LogP contribution in [0.5, 0.6) is 0 Å². The molecule has 0 aliphatic heterocycles. The van der Waals surface area contributed by atoms with E-state index in [1.54, 1.807) is 11.8 Å². The largest absolute Gasteiger partial charge is 0.396 e. The molecule has 1 heterocycles. The minimum absolute atomic E-state index is 0.185. The number of aromatic nitrogens is 3. The van der Waals surface area contributed by atoms with E-state index in [4.69, 9.17) is 5.11 Å². The molecular formula is C19H20BrN3OS. The Morgan fingerprint density at radius 3 is 2.36 bits per heavy atom. The maximum absolute atomic E-state index is 9.05. The molecule has 0 amide bonds. The third-order valence-corrected chi connectivity index (χ3v) is 5.28. The van der Waals surface area contributed by atoms with E-state index in [-0.39, 0.29) is 6.61 Å². The summed E-state index contributed by atoms with van der Waals surface area (Å²) in [4.78, 5) is 0. The summed E-state index contributed by atoms with van der Waals surface area (Å²) >= 11 is 5.09. The fourth-order valence-corrected chi connectivity index (χ4v) is 3.83. The van der Waals surface area contributed by atoms with Crippen molar-refractivity contribution in [3.8, 4) is 17.1 Å². The number of hydrogen-bond donors (Lipinski definition) is 1. The third-order valence-electron chi connectivity index (χ3n) is 3.73. The number of aryl methyl sites for hydroxylation is 2. The lowest BCUT2D eigenvalue weighted by Gasteiger charge is -2.12. The molecular weight excluding hydrogens is 398 g/mol. The van der Waals surface area contributed by atoms with Crippen LogP contribution in [0.4, 0.5) is 0 Å². The number of aliphatic hydroxyl groups excluding tert-OH is 1. The molecule has 0 radical (unpaired) electrons. The van der Waals surface area contributed by atoms with Gasteiger partial charge in [0.2, 0.25) is 0 Å². The van der Waals surface area contributed by atoms with Crippen molar-refractivity contribution in [2.24, 2.45) is 0 Å². The zero-order valence-corrected chi connectivity index (χ0v) is 16.6. The molecule has 0 atom stereocenters. The number of benzene rings is 2. The number of rotatable bonds is 6. The topological polar surface area (TPSA) is 50.9 Å². The first-order valence-electron chi connectivity index (χ1n) is 8.12. The normalized spacial score (nSPS) is 11.0. The monoisotopic (exact) mass is 417 g/mol. The molecule has 2 aromatic carbocycles. The fraction of sp³-hybridized carbons (Fsp3) is 0.263. The van der Waals surface area contributed by atoms with E-state index in [0.29, 0.717) is 0 Å². The summed E-state index contributed by atoms with van der Waals surface area (Å²) in [5.74, 6) is 1.63. The van der Waals surface area contributed by atoms with Gasteiger partial charge >= 0.3 is 0 Å². The molecule has 25 heavy (non-hydrogen) atoms. The molecule has 0 saturated carbocycles. The van der Waals surface area contributed by atoms with Crippen LogP contribution in [0.25, 0.3) is 17.1 Å². The Hall–Kier alpha value is -1.63. The molecule has 0 spiro atoms. The zero-order chi connectivity index (χ0) is 17.8. The summed E-state index contributed by atoms with van der Waals surface area (Å²) in [6.45, 7) is 4.38. The van der Waals surface area contributed by atoms with Crippen molar-refractivity contribution >= 4 is 27.7 Å². The maximum Gasteiger partial charge on any atom is 0.196 e. The highest BCUT2D eigenvalue weighted by Crippen LogP contribution is 2.29. The summed E-state index contributed by atoms with van der Waals surface area (Å²) in [6.07, 6.45) is 0.734. The van der Waals surface area contributed by atoms with Gasteiger partial charge in [0.1, 0.15) is 0 Å². The van der Waals surface area contributed by atoms with Crippen LogP contribution in [0, 0.1) is 13.8 Å². The minimum Gasteiger partial charge on any atom is -0.396 e. The van der Waals surface area contributed by atoms with Gasteiger partial charge in [-0.3, -0.25) is 4.57 Å². The third kappa shape index (κ3) is 4.32. The van der Waals surface area contributed by atoms with Gasteiger partial charge in [-0.2, -0.15) is 0 Å². The molecule has 1 aromatic heterocycles. The highest BCUT2D eigenvalue weighted by Gasteiger charge is 2.16. The van der Waals surface area contributed by atoms with Crippen LogP contribution in [0.15, 0.2) is 52.1 Å². The summed E-state index contributed by atoms with van der Waals surface area (Å²) in [5, 5.41) is 18.7. The average Bonchev–Trinajstić information content (AvgIpc) is 2.99. The number of nitrogens with zero attached hydrogens (tertiary/aromatic N) is 3. The fourth-order valence-electron chi connectivity index (χ4n) is 2.69. The van der Waals surface area contributed by atoms with E-state index in [2.05, 4.69) is 62.7 Å². The van der Waals surface area contributed by atoms with Crippen LogP contribution >= 0.6 is 27.7 Å². The molecule has 0 aliphatic carbocycles. The molecule has 0 saturated heterocycles. The summed E-state index contributed by atoms with van der Waals surface area (Å²) in [5.41, 5.74) is 4.49. The second-order valence-corrected chi connectivity index (χ2v) is 7.90. The molecule has 3 rings (SSSR count). The van der Waals surface area contributed by atoms with Gasteiger partial charge in [0.05, 0.1) is 5.69 Å². The standard InChI is InChI=1S/C19H20BrN3OS/c1-13-10-14(2)12-17(11-13)23-18(15-4-6-16(20)7-5-15)21-22-19(23)25-9-3-8-24/h4-7,10-12,24H,3,8-9H2,1-2H3. The molecule has 0 fully saturated rings. The lowest BCUT2D eigenvalue weighted by Crippen LogP contribution is -2.01. The predicted octanol–water partition coefficient (Wildman–Crippen LogP) is 4.79. The van der Waals surface area contributed by atoms with Crippen molar-refractivity contribution in [1.82, 2.24) is 14.8 Å². The summed E-state index contributed by atoms with van der Waals surface area (Å²) in [6, 6.07) is 14.5. The van der Waals surface area contributed by atoms with Crippen molar-refractivity contribution in [2.75, 3.05) is 12.4 Å². The lowest BCUT2D eigenvalue weighted by atomic mass is 10.1. The summed E-state index contributed by atoms with van der Waals surface area (Å²) in [7, 11) is 0. The Balaban J connectivity index is 2.10. The van der Waals surface area contributed by atoms with E-state index >= 15 is 0 Å². The van der Waals surface area contributed by atoms with Crippen molar-refractivity contribution in [3.63, 3.8) is 0 Å². The predicted molar refractivity (Wildman–Crippen MR) is 106 cm³/mol. The van der Waals surface area contributed by atoms with Gasteiger partial charge in [-0.05, 0) is 55.7 Å². The highest BCUT2D eigenvalue weighted by atomic mass is 79.9. The van der Waals surface area contributed by atoms with Gasteiger partial charge in [-0.15, -0.1) is 10.2 Å². The number of thioether (sulfide) groups is 1. The molecule has 1 N–H and O–H groups in total. The van der Waals surface area contributed by atoms with E-state index in [1.807, 2.05) is 24.3 Å². The molecule has 0 aliphatic rings. The SMILES string of the molecule is Cc1cc(C)cc(-n2c(SCCCO)nnc2-c2ccc(Br)cc2)c1. The van der Waals surface area contributed by atoms with Crippen molar-refractivity contribution in [1.29, 1.82) is 0 Å². The van der Waals surface area contributed by atoms with E-state index < -0.39 is 0 Å². The van der Waals surface area contributed by atoms with E-state index in [0.717, 1.165) is 38.9 Å². The van der Waals surface area contributed by atoms with E-state index in [9.17, 15) is 0 Å². The lowest BCUT2D eigenvalue weighted by molar-refractivity contribution is 0.296. The Morgan fingerprint density at radius 2 is 1.72 bits per heavy atom. The second-order valence-electron chi connectivity index (χ2n) is 5.92. The van der Waals surface area contributed by atoms with Crippen LogP contribution in [0.2, 0.25) is 0 Å². The van der Waals surface area contributed by atoms with Crippen molar-refractivity contribution in [3.05, 3.63) is 58.1 Å². The summed E-state index contributed by atoms with van der Waals surface area (Å²) < 4.78 is 3.14.